The molecule has 0 saturated heterocycles. The highest BCUT2D eigenvalue weighted by Gasteiger charge is 2.15. The van der Waals surface area contributed by atoms with E-state index in [-0.39, 0.29) is 0 Å². The fraction of sp³-hybridized carbons (Fsp3) is 0. The Balaban J connectivity index is 1.48. The standard InChI is InChI=1S/C36H27N3O2/c37-27-29(36(40)41)12-10-11-28-19-21-33(22-20-28)39(32-17-8-3-9-18-32)35-25-23-34(24-26-35)38(30-13-4-1-5-14-30)31-15-6-2-7-16-31/h1-26H,(H,40,41)/p-1/b11-10+,29-12+. The number of carboxylic acid groups (broad SMARTS) is 1. The zero-order chi connectivity index (χ0) is 28.4. The fourth-order valence-electron chi connectivity index (χ4n) is 4.52. The Morgan fingerprint density at radius 1 is 0.561 bits per heavy atom. The molecule has 5 aromatic rings. The van der Waals surface area contributed by atoms with Gasteiger partial charge in [-0.2, -0.15) is 5.26 Å². The zero-order valence-corrected chi connectivity index (χ0v) is 22.2. The fourth-order valence-corrected chi connectivity index (χ4v) is 4.52. The largest absolute Gasteiger partial charge is 0.544 e. The van der Waals surface area contributed by atoms with E-state index >= 15 is 0 Å². The van der Waals surface area contributed by atoms with Crippen molar-refractivity contribution in [3.05, 3.63) is 163 Å². The highest BCUT2D eigenvalue weighted by molar-refractivity contribution is 5.90. The van der Waals surface area contributed by atoms with E-state index in [1.165, 1.54) is 12.2 Å². The van der Waals surface area contributed by atoms with Gasteiger partial charge in [-0.05, 0) is 84.4 Å². The highest BCUT2D eigenvalue weighted by atomic mass is 16.4. The minimum absolute atomic E-state index is 0.422. The smallest absolute Gasteiger partial charge is 0.101 e. The number of aliphatic carboxylic acids is 1. The molecule has 0 amide bonds. The van der Waals surface area contributed by atoms with Gasteiger partial charge in [-0.3, -0.25) is 0 Å². The molecular weight excluding hydrogens is 506 g/mol. The molecule has 0 fully saturated rings. The van der Waals surface area contributed by atoms with Crippen LogP contribution in [0.1, 0.15) is 5.56 Å². The predicted octanol–water partition coefficient (Wildman–Crippen LogP) is 7.84. The molecule has 5 rings (SSSR count). The van der Waals surface area contributed by atoms with Gasteiger partial charge in [0, 0.05) is 34.1 Å². The molecular formula is C36H26N3O2-. The van der Waals surface area contributed by atoms with Crippen LogP contribution in [-0.2, 0) is 4.79 Å². The first kappa shape index (κ1) is 26.7. The number of carboxylic acids is 1. The highest BCUT2D eigenvalue weighted by Crippen LogP contribution is 2.38. The van der Waals surface area contributed by atoms with Crippen LogP contribution in [0.3, 0.4) is 0 Å². The van der Waals surface area contributed by atoms with E-state index in [0.717, 1.165) is 39.7 Å². The van der Waals surface area contributed by atoms with E-state index in [9.17, 15) is 9.90 Å². The summed E-state index contributed by atoms with van der Waals surface area (Å²) < 4.78 is 0. The lowest BCUT2D eigenvalue weighted by Gasteiger charge is -2.28. The van der Waals surface area contributed by atoms with Crippen LogP contribution in [0.4, 0.5) is 34.1 Å². The lowest BCUT2D eigenvalue weighted by molar-refractivity contribution is -0.298. The van der Waals surface area contributed by atoms with Crippen molar-refractivity contribution in [1.82, 2.24) is 0 Å². The molecule has 5 aromatic carbocycles. The Bertz CT molecular complexity index is 1650. The number of carbonyl (C=O) groups excluding carboxylic acids is 1. The summed E-state index contributed by atoms with van der Waals surface area (Å²) >= 11 is 0. The minimum atomic E-state index is -1.49. The van der Waals surface area contributed by atoms with Gasteiger partial charge in [-0.25, -0.2) is 0 Å². The second kappa shape index (κ2) is 12.8. The van der Waals surface area contributed by atoms with Crippen LogP contribution >= 0.6 is 0 Å². The van der Waals surface area contributed by atoms with Gasteiger partial charge in [0.1, 0.15) is 6.07 Å². The van der Waals surface area contributed by atoms with E-state index in [1.54, 1.807) is 12.1 Å². The Morgan fingerprint density at radius 3 is 1.24 bits per heavy atom. The van der Waals surface area contributed by atoms with E-state index in [0.29, 0.717) is 0 Å². The molecule has 41 heavy (non-hydrogen) atoms. The van der Waals surface area contributed by atoms with Crippen molar-refractivity contribution in [2.24, 2.45) is 0 Å². The molecule has 5 heteroatoms. The van der Waals surface area contributed by atoms with Crippen LogP contribution in [-0.4, -0.2) is 5.97 Å². The minimum Gasteiger partial charge on any atom is -0.544 e. The molecule has 0 atom stereocenters. The molecule has 0 aliphatic carbocycles. The van der Waals surface area contributed by atoms with E-state index in [4.69, 9.17) is 5.26 Å². The normalized spacial score (nSPS) is 11.1. The number of rotatable bonds is 9. The average molecular weight is 533 g/mol. The van der Waals surface area contributed by atoms with Crippen LogP contribution in [0, 0.1) is 11.3 Å². The van der Waals surface area contributed by atoms with Crippen LogP contribution in [0.25, 0.3) is 6.08 Å². The number of anilines is 6. The third-order valence-electron chi connectivity index (χ3n) is 6.45. The molecule has 0 aliphatic heterocycles. The van der Waals surface area contributed by atoms with Crippen molar-refractivity contribution < 1.29 is 9.90 Å². The number of hydrogen-bond acceptors (Lipinski definition) is 5. The van der Waals surface area contributed by atoms with Gasteiger partial charge in [-0.15, -0.1) is 0 Å². The molecule has 0 bridgehead atoms. The van der Waals surface area contributed by atoms with Gasteiger partial charge < -0.3 is 19.7 Å². The van der Waals surface area contributed by atoms with E-state index in [1.807, 2.05) is 78.9 Å². The van der Waals surface area contributed by atoms with Crippen LogP contribution in [0.2, 0.25) is 0 Å². The first-order valence-corrected chi connectivity index (χ1v) is 13.1. The topological polar surface area (TPSA) is 70.4 Å². The maximum atomic E-state index is 10.9. The Hall–Kier alpha value is -5.86. The SMILES string of the molecule is N#C/C(=C\C=C\c1ccc(N(c2ccccc2)c2ccc(N(c3ccccc3)c3ccccc3)cc2)cc1)C(=O)[O-]. The summed E-state index contributed by atoms with van der Waals surface area (Å²) in [5.41, 5.74) is 6.62. The molecule has 0 unspecified atom stereocenters. The lowest BCUT2D eigenvalue weighted by atomic mass is 10.1. The van der Waals surface area contributed by atoms with Gasteiger partial charge in [-0.1, -0.05) is 78.9 Å². The molecule has 0 saturated carbocycles. The third kappa shape index (κ3) is 6.42. The molecule has 0 N–H and O–H groups in total. The van der Waals surface area contributed by atoms with Gasteiger partial charge in [0.15, 0.2) is 0 Å². The molecule has 198 valence electrons. The van der Waals surface area contributed by atoms with Gasteiger partial charge >= 0.3 is 0 Å². The monoisotopic (exact) mass is 532 g/mol. The van der Waals surface area contributed by atoms with Crippen LogP contribution < -0.4 is 14.9 Å². The van der Waals surface area contributed by atoms with Crippen molar-refractivity contribution >= 4 is 46.2 Å². The van der Waals surface area contributed by atoms with Gasteiger partial charge in [0.05, 0.1) is 11.5 Å². The van der Waals surface area contributed by atoms with E-state index in [2.05, 4.69) is 70.5 Å². The van der Waals surface area contributed by atoms with Crippen molar-refractivity contribution in [2.45, 2.75) is 0 Å². The maximum absolute atomic E-state index is 10.9. The first-order chi connectivity index (χ1) is 20.1. The molecule has 0 aliphatic rings. The maximum Gasteiger partial charge on any atom is 0.101 e. The number of para-hydroxylation sites is 3. The summed E-state index contributed by atoms with van der Waals surface area (Å²) in [5, 5.41) is 19.8. The number of nitrogens with zero attached hydrogens (tertiary/aromatic N) is 3. The number of nitriles is 1. The number of hydrogen-bond donors (Lipinski definition) is 0. The van der Waals surface area contributed by atoms with Gasteiger partial charge in [0.25, 0.3) is 0 Å². The predicted molar refractivity (Wildman–Crippen MR) is 164 cm³/mol. The second-order valence-electron chi connectivity index (χ2n) is 9.12. The van der Waals surface area contributed by atoms with E-state index < -0.39 is 11.5 Å². The van der Waals surface area contributed by atoms with Crippen molar-refractivity contribution in [1.29, 1.82) is 5.26 Å². The average Bonchev–Trinajstić information content (AvgIpc) is 3.02. The second-order valence-corrected chi connectivity index (χ2v) is 9.12. The summed E-state index contributed by atoms with van der Waals surface area (Å²) in [6.07, 6.45) is 4.50. The Labute approximate surface area is 239 Å². The molecule has 0 heterocycles. The van der Waals surface area contributed by atoms with Crippen molar-refractivity contribution in [3.63, 3.8) is 0 Å². The summed E-state index contributed by atoms with van der Waals surface area (Å²) in [4.78, 5) is 15.3. The van der Waals surface area contributed by atoms with Crippen molar-refractivity contribution in [3.8, 4) is 6.07 Å². The molecule has 5 nitrogen and oxygen atoms in total. The quantitative estimate of drug-likeness (QED) is 0.110. The lowest BCUT2D eigenvalue weighted by Crippen LogP contribution is -2.23. The number of allylic oxidation sites excluding steroid dienone is 2. The molecule has 0 aromatic heterocycles. The van der Waals surface area contributed by atoms with Crippen LogP contribution in [0.15, 0.2) is 157 Å². The number of carbonyl (C=O) groups is 1. The molecule has 0 spiro atoms. The summed E-state index contributed by atoms with van der Waals surface area (Å²) in [6.45, 7) is 0. The zero-order valence-electron chi connectivity index (χ0n) is 22.2. The Morgan fingerprint density at radius 2 is 0.902 bits per heavy atom. The first-order valence-electron chi connectivity index (χ1n) is 13.1. The van der Waals surface area contributed by atoms with Gasteiger partial charge in [0.2, 0.25) is 0 Å². The third-order valence-corrected chi connectivity index (χ3v) is 6.45. The van der Waals surface area contributed by atoms with Crippen molar-refractivity contribution in [2.75, 3.05) is 9.80 Å². The summed E-state index contributed by atoms with van der Waals surface area (Å²) in [6, 6.07) is 48.7. The number of benzene rings is 5. The summed E-state index contributed by atoms with van der Waals surface area (Å²) in [5.74, 6) is -1.49. The molecule has 0 radical (unpaired) electrons. The van der Waals surface area contributed by atoms with Crippen LogP contribution in [0.5, 0.6) is 0 Å². The summed E-state index contributed by atoms with van der Waals surface area (Å²) in [7, 11) is 0. The Kier molecular flexibility index (Phi) is 8.34.